The molecule has 0 atom stereocenters. The zero-order chi connectivity index (χ0) is 16.8. The normalized spacial score (nSPS) is 10.0. The molecule has 0 radical (unpaired) electrons. The number of carbonyl (C=O) groups excluding carboxylic acids is 2. The number of hydrogen-bond donors (Lipinski definition) is 2. The number of carbonyl (C=O) groups is 2. The molecule has 0 aliphatic rings. The zero-order valence-electron chi connectivity index (χ0n) is 12.2. The summed E-state index contributed by atoms with van der Waals surface area (Å²) in [6.45, 7) is 1.66. The van der Waals surface area contributed by atoms with Crippen LogP contribution in [0.5, 0.6) is 5.75 Å². The lowest BCUT2D eigenvalue weighted by atomic mass is 10.1. The van der Waals surface area contributed by atoms with Gasteiger partial charge >= 0.3 is 0 Å². The Labute approximate surface area is 147 Å². The molecule has 7 heteroatoms. The SMILES string of the molecule is Cc1ccc(C(=O)NNC(=O)COc2ccc(Br)cc2Cl)cc1. The van der Waals surface area contributed by atoms with Gasteiger partial charge in [-0.15, -0.1) is 0 Å². The Morgan fingerprint density at radius 1 is 1.13 bits per heavy atom. The van der Waals surface area contributed by atoms with Gasteiger partial charge < -0.3 is 4.74 Å². The molecule has 2 rings (SSSR count). The van der Waals surface area contributed by atoms with Crippen LogP contribution in [0.15, 0.2) is 46.9 Å². The molecule has 0 saturated carbocycles. The Balaban J connectivity index is 1.81. The van der Waals surface area contributed by atoms with Crippen molar-refractivity contribution in [2.45, 2.75) is 6.92 Å². The molecule has 23 heavy (non-hydrogen) atoms. The number of hydrogen-bond acceptors (Lipinski definition) is 3. The second-order valence-electron chi connectivity index (χ2n) is 4.73. The van der Waals surface area contributed by atoms with Crippen molar-refractivity contribution in [3.8, 4) is 5.75 Å². The Morgan fingerprint density at radius 2 is 1.83 bits per heavy atom. The summed E-state index contributed by atoms with van der Waals surface area (Å²) in [5.41, 5.74) is 6.10. The minimum absolute atomic E-state index is 0.268. The van der Waals surface area contributed by atoms with Gasteiger partial charge in [0, 0.05) is 10.0 Å². The van der Waals surface area contributed by atoms with E-state index in [0.717, 1.165) is 10.0 Å². The maximum atomic E-state index is 11.8. The van der Waals surface area contributed by atoms with Gasteiger partial charge in [-0.3, -0.25) is 20.4 Å². The standard InChI is InChI=1S/C16H14BrClN2O3/c1-10-2-4-11(5-3-10)16(22)20-19-15(21)9-23-14-7-6-12(17)8-13(14)18/h2-8H,9H2,1H3,(H,19,21)(H,20,22). The highest BCUT2D eigenvalue weighted by Crippen LogP contribution is 2.27. The molecule has 0 aliphatic carbocycles. The Kier molecular flexibility index (Phi) is 6.01. The van der Waals surface area contributed by atoms with Crippen LogP contribution in [0.25, 0.3) is 0 Å². The molecule has 0 heterocycles. The predicted octanol–water partition coefficient (Wildman–Crippen LogP) is 3.25. The van der Waals surface area contributed by atoms with Crippen LogP contribution in [0.1, 0.15) is 15.9 Å². The van der Waals surface area contributed by atoms with E-state index in [9.17, 15) is 9.59 Å². The van der Waals surface area contributed by atoms with Crippen LogP contribution in [0.4, 0.5) is 0 Å². The van der Waals surface area contributed by atoms with Crippen molar-refractivity contribution in [2.24, 2.45) is 0 Å². The van der Waals surface area contributed by atoms with E-state index in [1.54, 1.807) is 30.3 Å². The molecule has 5 nitrogen and oxygen atoms in total. The van der Waals surface area contributed by atoms with Crippen LogP contribution in [0, 0.1) is 6.92 Å². The summed E-state index contributed by atoms with van der Waals surface area (Å²) in [5, 5.41) is 0.385. The summed E-state index contributed by atoms with van der Waals surface area (Å²) in [6, 6.07) is 12.0. The molecule has 2 N–H and O–H groups in total. The topological polar surface area (TPSA) is 67.4 Å². The number of amides is 2. The molecule has 0 spiro atoms. The molecule has 0 aliphatic heterocycles. The smallest absolute Gasteiger partial charge is 0.276 e. The highest BCUT2D eigenvalue weighted by Gasteiger charge is 2.09. The lowest BCUT2D eigenvalue weighted by Crippen LogP contribution is -2.43. The van der Waals surface area contributed by atoms with E-state index in [0.29, 0.717) is 16.3 Å². The molecule has 0 unspecified atom stereocenters. The summed E-state index contributed by atoms with van der Waals surface area (Å²) >= 11 is 9.25. The fourth-order valence-corrected chi connectivity index (χ4v) is 2.40. The van der Waals surface area contributed by atoms with Gasteiger partial charge in [-0.25, -0.2) is 0 Å². The lowest BCUT2D eigenvalue weighted by Gasteiger charge is -2.10. The summed E-state index contributed by atoms with van der Waals surface area (Å²) in [5.74, 6) is -0.514. The first-order valence-corrected chi connectivity index (χ1v) is 7.86. The summed E-state index contributed by atoms with van der Waals surface area (Å²) < 4.78 is 6.10. The van der Waals surface area contributed by atoms with Crippen molar-refractivity contribution in [2.75, 3.05) is 6.61 Å². The quantitative estimate of drug-likeness (QED) is 0.778. The van der Waals surface area contributed by atoms with Crippen LogP contribution < -0.4 is 15.6 Å². The van der Waals surface area contributed by atoms with Crippen molar-refractivity contribution < 1.29 is 14.3 Å². The number of nitrogens with one attached hydrogen (secondary N) is 2. The maximum Gasteiger partial charge on any atom is 0.276 e. The third-order valence-electron chi connectivity index (χ3n) is 2.88. The van der Waals surface area contributed by atoms with Gasteiger partial charge in [-0.1, -0.05) is 45.2 Å². The van der Waals surface area contributed by atoms with E-state index in [1.807, 2.05) is 19.1 Å². The van der Waals surface area contributed by atoms with Gasteiger partial charge in [0.05, 0.1) is 5.02 Å². The van der Waals surface area contributed by atoms with Crippen LogP contribution >= 0.6 is 27.5 Å². The minimum atomic E-state index is -0.496. The molecular weight excluding hydrogens is 384 g/mol. The predicted molar refractivity (Wildman–Crippen MR) is 91.4 cm³/mol. The third-order valence-corrected chi connectivity index (χ3v) is 3.67. The number of aryl methyl sites for hydroxylation is 1. The maximum absolute atomic E-state index is 11.8. The number of hydrazine groups is 1. The van der Waals surface area contributed by atoms with Gasteiger partial charge in [0.2, 0.25) is 0 Å². The summed E-state index contributed by atoms with van der Waals surface area (Å²) in [6.07, 6.45) is 0. The largest absolute Gasteiger partial charge is 0.482 e. The van der Waals surface area contributed by atoms with Crippen LogP contribution in [-0.2, 0) is 4.79 Å². The highest BCUT2D eigenvalue weighted by molar-refractivity contribution is 9.10. The number of halogens is 2. The first-order chi connectivity index (χ1) is 11.0. The second-order valence-corrected chi connectivity index (χ2v) is 6.05. The fourth-order valence-electron chi connectivity index (χ4n) is 1.68. The van der Waals surface area contributed by atoms with E-state index in [2.05, 4.69) is 26.8 Å². The first kappa shape index (κ1) is 17.3. The summed E-state index contributed by atoms with van der Waals surface area (Å²) in [7, 11) is 0. The van der Waals surface area contributed by atoms with Crippen molar-refractivity contribution in [1.82, 2.24) is 10.9 Å². The van der Waals surface area contributed by atoms with Crippen LogP contribution in [0.2, 0.25) is 5.02 Å². The molecular formula is C16H14BrClN2O3. The molecule has 120 valence electrons. The molecule has 2 aromatic rings. The molecule has 2 amide bonds. The Bertz CT molecular complexity index is 720. The van der Waals surface area contributed by atoms with E-state index in [4.69, 9.17) is 16.3 Å². The van der Waals surface area contributed by atoms with Crippen molar-refractivity contribution in [3.63, 3.8) is 0 Å². The van der Waals surface area contributed by atoms with Crippen LogP contribution in [-0.4, -0.2) is 18.4 Å². The average Bonchev–Trinajstić information content (AvgIpc) is 2.52. The van der Waals surface area contributed by atoms with E-state index >= 15 is 0 Å². The molecule has 0 aromatic heterocycles. The van der Waals surface area contributed by atoms with Crippen molar-refractivity contribution in [3.05, 3.63) is 63.1 Å². The van der Waals surface area contributed by atoms with E-state index in [1.165, 1.54) is 0 Å². The van der Waals surface area contributed by atoms with Gasteiger partial charge in [-0.2, -0.15) is 0 Å². The Hall–Kier alpha value is -2.05. The van der Waals surface area contributed by atoms with Gasteiger partial charge in [-0.05, 0) is 37.3 Å². The molecule has 0 bridgehead atoms. The monoisotopic (exact) mass is 396 g/mol. The number of benzene rings is 2. The van der Waals surface area contributed by atoms with Gasteiger partial charge in [0.1, 0.15) is 5.75 Å². The second kappa shape index (κ2) is 7.99. The van der Waals surface area contributed by atoms with Crippen molar-refractivity contribution in [1.29, 1.82) is 0 Å². The molecule has 0 saturated heterocycles. The highest BCUT2D eigenvalue weighted by atomic mass is 79.9. The Morgan fingerprint density at radius 3 is 2.48 bits per heavy atom. The van der Waals surface area contributed by atoms with Gasteiger partial charge in [0.15, 0.2) is 6.61 Å². The van der Waals surface area contributed by atoms with Gasteiger partial charge in [0.25, 0.3) is 11.8 Å². The van der Waals surface area contributed by atoms with E-state index < -0.39 is 11.8 Å². The molecule has 0 fully saturated rings. The third kappa shape index (κ3) is 5.26. The fraction of sp³-hybridized carbons (Fsp3) is 0.125. The van der Waals surface area contributed by atoms with Crippen molar-refractivity contribution >= 4 is 39.3 Å². The number of ether oxygens (including phenoxy) is 1. The lowest BCUT2D eigenvalue weighted by molar-refractivity contribution is -0.123. The van der Waals surface area contributed by atoms with Crippen LogP contribution in [0.3, 0.4) is 0 Å². The average molecular weight is 398 g/mol. The first-order valence-electron chi connectivity index (χ1n) is 6.69. The van der Waals surface area contributed by atoms with E-state index in [-0.39, 0.29) is 6.61 Å². The number of rotatable bonds is 4. The minimum Gasteiger partial charge on any atom is -0.482 e. The summed E-state index contributed by atoms with van der Waals surface area (Å²) in [4.78, 5) is 23.5. The zero-order valence-corrected chi connectivity index (χ0v) is 14.6. The molecule has 2 aromatic carbocycles.